The molecule has 0 N–H and O–H groups in total. The van der Waals surface area contributed by atoms with Crippen molar-refractivity contribution in [3.63, 3.8) is 0 Å². The molecule has 0 aliphatic heterocycles. The van der Waals surface area contributed by atoms with Gasteiger partial charge in [-0.05, 0) is 38.1 Å². The number of azo groups is 1. The largest absolute Gasteiger partial charge is 2.00 e. The van der Waals surface area contributed by atoms with Gasteiger partial charge in [-0.15, -0.1) is 10.2 Å². The standard InChI is InChI=1S/C14H17N5O.Ni/c1-3-19(4-2)11-6-7-12(13(20)10-11)17-18-14-15-8-5-9-16-14;/h5-10,20H,3-4H2,1-2H3;/q;+2/p-1. The van der Waals surface area contributed by atoms with Gasteiger partial charge in [0.2, 0.25) is 0 Å². The van der Waals surface area contributed by atoms with E-state index in [4.69, 9.17) is 0 Å². The molecule has 0 saturated heterocycles. The molecule has 0 aliphatic rings. The summed E-state index contributed by atoms with van der Waals surface area (Å²) in [5.74, 6) is 0.0776. The average Bonchev–Trinajstić information content (AvgIpc) is 2.49. The molecule has 1 aromatic heterocycles. The summed E-state index contributed by atoms with van der Waals surface area (Å²) in [5, 5.41) is 19.7. The van der Waals surface area contributed by atoms with Crippen molar-refractivity contribution in [1.82, 2.24) is 9.97 Å². The van der Waals surface area contributed by atoms with Gasteiger partial charge >= 0.3 is 16.5 Å². The summed E-state index contributed by atoms with van der Waals surface area (Å²) in [6.07, 6.45) is 3.14. The van der Waals surface area contributed by atoms with Crippen molar-refractivity contribution in [2.45, 2.75) is 13.8 Å². The molecule has 0 radical (unpaired) electrons. The fourth-order valence-electron chi connectivity index (χ4n) is 1.81. The summed E-state index contributed by atoms with van der Waals surface area (Å²) in [6, 6.07) is 6.81. The van der Waals surface area contributed by atoms with E-state index in [1.165, 1.54) is 0 Å². The Hall–Kier alpha value is -2.01. The second-order valence-corrected chi connectivity index (χ2v) is 4.07. The third-order valence-electron chi connectivity index (χ3n) is 2.87. The van der Waals surface area contributed by atoms with Gasteiger partial charge in [0.05, 0.1) is 5.69 Å². The predicted molar refractivity (Wildman–Crippen MR) is 75.7 cm³/mol. The summed E-state index contributed by atoms with van der Waals surface area (Å²) in [5.41, 5.74) is 1.18. The van der Waals surface area contributed by atoms with Crippen LogP contribution < -0.4 is 10.0 Å². The van der Waals surface area contributed by atoms with E-state index in [1.54, 1.807) is 30.6 Å². The first-order chi connectivity index (χ1) is 9.74. The molecule has 0 bridgehead atoms. The zero-order chi connectivity index (χ0) is 14.4. The van der Waals surface area contributed by atoms with E-state index in [9.17, 15) is 5.11 Å². The quantitative estimate of drug-likeness (QED) is 0.624. The summed E-state index contributed by atoms with van der Waals surface area (Å²) in [6.45, 7) is 5.81. The summed E-state index contributed by atoms with van der Waals surface area (Å²) < 4.78 is 0. The molecule has 1 aromatic carbocycles. The van der Waals surface area contributed by atoms with E-state index in [0.717, 1.165) is 18.8 Å². The number of benzene rings is 1. The van der Waals surface area contributed by atoms with E-state index < -0.39 is 0 Å². The number of aromatic nitrogens is 2. The Bertz CT molecular complexity index is 587. The van der Waals surface area contributed by atoms with Gasteiger partial charge in [-0.2, -0.15) is 0 Å². The Kier molecular flexibility index (Phi) is 6.75. The average molecular weight is 329 g/mol. The van der Waals surface area contributed by atoms with Crippen molar-refractivity contribution < 1.29 is 21.6 Å². The minimum atomic E-state index is -0.158. The number of hydrogen-bond donors (Lipinski definition) is 0. The zero-order valence-electron chi connectivity index (χ0n) is 11.8. The van der Waals surface area contributed by atoms with Crippen molar-refractivity contribution in [3.05, 3.63) is 36.7 Å². The Balaban J connectivity index is 0.00000220. The topological polar surface area (TPSA) is 76.8 Å². The normalized spacial score (nSPS) is 10.4. The van der Waals surface area contributed by atoms with Gasteiger partial charge in [0.1, 0.15) is 0 Å². The molecule has 0 aliphatic carbocycles. The minimum Gasteiger partial charge on any atom is -0.871 e. The molecule has 21 heavy (non-hydrogen) atoms. The van der Waals surface area contributed by atoms with Gasteiger partial charge < -0.3 is 10.0 Å². The minimum absolute atomic E-state index is 0. The summed E-state index contributed by atoms with van der Waals surface area (Å²) in [7, 11) is 0. The zero-order valence-corrected chi connectivity index (χ0v) is 12.8. The Morgan fingerprint density at radius 3 is 2.33 bits per heavy atom. The maximum Gasteiger partial charge on any atom is 2.00 e. The van der Waals surface area contributed by atoms with Crippen molar-refractivity contribution in [3.8, 4) is 5.75 Å². The molecule has 1 heterocycles. The monoisotopic (exact) mass is 328 g/mol. The molecule has 0 fully saturated rings. The molecule has 7 heteroatoms. The van der Waals surface area contributed by atoms with Crippen LogP contribution in [0.25, 0.3) is 0 Å². The smallest absolute Gasteiger partial charge is 0.871 e. The second kappa shape index (κ2) is 8.32. The van der Waals surface area contributed by atoms with Gasteiger partial charge in [-0.1, -0.05) is 5.75 Å². The Labute approximate surface area is 133 Å². The van der Waals surface area contributed by atoms with Crippen LogP contribution in [-0.4, -0.2) is 23.1 Å². The van der Waals surface area contributed by atoms with Crippen molar-refractivity contribution in [1.29, 1.82) is 0 Å². The molecule has 6 nitrogen and oxygen atoms in total. The first-order valence-electron chi connectivity index (χ1n) is 6.49. The number of nitrogens with zero attached hydrogens (tertiary/aromatic N) is 5. The molecule has 0 saturated carbocycles. The SMILES string of the molecule is CCN(CC)c1ccc(N=Nc2ncccn2)c([O-])c1.[Ni+2]. The third-order valence-corrected chi connectivity index (χ3v) is 2.87. The van der Waals surface area contributed by atoms with Crippen molar-refractivity contribution in [2.24, 2.45) is 10.2 Å². The van der Waals surface area contributed by atoms with Gasteiger partial charge in [0.25, 0.3) is 5.95 Å². The first-order valence-corrected chi connectivity index (χ1v) is 6.49. The van der Waals surface area contributed by atoms with Gasteiger partial charge in [-0.25, -0.2) is 9.97 Å². The van der Waals surface area contributed by atoms with E-state index >= 15 is 0 Å². The second-order valence-electron chi connectivity index (χ2n) is 4.07. The van der Waals surface area contributed by atoms with Gasteiger partial charge in [-0.3, -0.25) is 0 Å². The van der Waals surface area contributed by atoms with E-state index in [0.29, 0.717) is 0 Å². The number of hydrogen-bond acceptors (Lipinski definition) is 6. The summed E-state index contributed by atoms with van der Waals surface area (Å²) >= 11 is 0. The van der Waals surface area contributed by atoms with Gasteiger partial charge in [0.15, 0.2) is 0 Å². The Morgan fingerprint density at radius 1 is 1.10 bits per heavy atom. The molecule has 2 aromatic rings. The molecule has 2 rings (SSSR count). The molecule has 0 amide bonds. The van der Waals surface area contributed by atoms with Crippen LogP contribution in [0.5, 0.6) is 5.75 Å². The van der Waals surface area contributed by atoms with Crippen LogP contribution in [0.1, 0.15) is 13.8 Å². The van der Waals surface area contributed by atoms with Crippen LogP contribution in [-0.2, 0) is 16.5 Å². The van der Waals surface area contributed by atoms with Crippen molar-refractivity contribution >= 4 is 17.3 Å². The summed E-state index contributed by atoms with van der Waals surface area (Å²) in [4.78, 5) is 9.93. The van der Waals surface area contributed by atoms with Crippen LogP contribution in [0.3, 0.4) is 0 Å². The molecule has 0 unspecified atom stereocenters. The molecule has 0 atom stereocenters. The van der Waals surface area contributed by atoms with E-state index in [1.807, 2.05) is 19.9 Å². The van der Waals surface area contributed by atoms with Crippen LogP contribution in [0.4, 0.5) is 17.3 Å². The van der Waals surface area contributed by atoms with E-state index in [-0.39, 0.29) is 33.9 Å². The van der Waals surface area contributed by atoms with Crippen LogP contribution in [0, 0.1) is 0 Å². The van der Waals surface area contributed by atoms with Crippen LogP contribution in [0.15, 0.2) is 46.9 Å². The predicted octanol–water partition coefficient (Wildman–Crippen LogP) is 2.81. The maximum absolute atomic E-state index is 12.0. The molecule has 112 valence electrons. The number of rotatable bonds is 5. The fraction of sp³-hybridized carbons (Fsp3) is 0.286. The van der Waals surface area contributed by atoms with Crippen molar-refractivity contribution in [2.75, 3.05) is 18.0 Å². The van der Waals surface area contributed by atoms with Crippen LogP contribution in [0.2, 0.25) is 0 Å². The molecular weight excluding hydrogens is 313 g/mol. The number of anilines is 1. The van der Waals surface area contributed by atoms with E-state index in [2.05, 4.69) is 25.1 Å². The molecule has 0 spiro atoms. The third kappa shape index (κ3) is 4.50. The maximum atomic E-state index is 12.0. The first kappa shape index (κ1) is 17.0. The fourth-order valence-corrected chi connectivity index (χ4v) is 1.81. The van der Waals surface area contributed by atoms with Crippen LogP contribution >= 0.6 is 0 Å². The van der Waals surface area contributed by atoms with Gasteiger partial charge in [0, 0.05) is 31.2 Å². The molecular formula is C14H16N5NiO+. The Morgan fingerprint density at radius 2 is 1.76 bits per heavy atom.